The number of phenolic OH excluding ortho intramolecular Hbond substituents is 2. The Bertz CT molecular complexity index is 2640. The van der Waals surface area contributed by atoms with Gasteiger partial charge < -0.3 is 19.3 Å². The summed E-state index contributed by atoms with van der Waals surface area (Å²) in [6, 6.07) is 22.5. The fraction of sp³-hybridized carbons (Fsp3) is 0.111. The molecule has 0 aromatic heterocycles. The van der Waals surface area contributed by atoms with Gasteiger partial charge in [0, 0.05) is 57.9 Å². The second-order valence-electron chi connectivity index (χ2n) is 11.8. The molecule has 0 aliphatic rings. The van der Waals surface area contributed by atoms with E-state index in [2.05, 4.69) is 20.5 Å². The standard InChI is InChI=1S/2C18H15N3O6S.Ba/c2*1-2-11-9-12(21(23)24)7-8-15(11)19-20-18-14-6-4-3-5-13(14)17(10-16(18)22)28(25,26)27;/h2*3-10H,2H2,1H3,(H2-,19,22,23,24,25,26,27);/q;;+2. The molecule has 0 unspecified atom stereocenters. The molecule has 4 N–H and O–H groups in total. The Morgan fingerprint density at radius 2 is 0.877 bits per heavy atom. The van der Waals surface area contributed by atoms with Crippen molar-refractivity contribution in [1.29, 1.82) is 0 Å². The maximum Gasteiger partial charge on any atom is 2.00 e. The third-order valence-electron chi connectivity index (χ3n) is 8.30. The van der Waals surface area contributed by atoms with E-state index in [1.165, 1.54) is 60.7 Å². The van der Waals surface area contributed by atoms with Crippen LogP contribution in [0.4, 0.5) is 34.1 Å². The van der Waals surface area contributed by atoms with E-state index in [0.29, 0.717) is 35.3 Å². The van der Waals surface area contributed by atoms with Crippen molar-refractivity contribution in [3.63, 3.8) is 0 Å². The second kappa shape index (κ2) is 18.4. The van der Waals surface area contributed by atoms with Gasteiger partial charge in [-0.25, -0.2) is 27.3 Å². The van der Waals surface area contributed by atoms with E-state index >= 15 is 0 Å². The largest absolute Gasteiger partial charge is 2.00 e. The molecule has 288 valence electrons. The molecule has 57 heavy (non-hydrogen) atoms. The Labute approximate surface area is 364 Å². The Hall–Kier alpha value is -5.17. The van der Waals surface area contributed by atoms with Crippen LogP contribution in [0.15, 0.2) is 127 Å². The zero-order valence-electron chi connectivity index (χ0n) is 29.9. The van der Waals surface area contributed by atoms with Crippen LogP contribution in [-0.4, -0.2) is 105 Å². The van der Waals surface area contributed by atoms with Crippen molar-refractivity contribution in [2.75, 3.05) is 0 Å². The third-order valence-corrected chi connectivity index (χ3v) is 10.1. The number of nitrogens with zero attached hydrogens (tertiary/aromatic N) is 6. The summed E-state index contributed by atoms with van der Waals surface area (Å²) < 4.78 is 68.9. The van der Waals surface area contributed by atoms with Gasteiger partial charge in [-0.05, 0) is 36.1 Å². The number of benzene rings is 6. The molecule has 0 fully saturated rings. The zero-order valence-corrected chi connectivity index (χ0v) is 36.0. The van der Waals surface area contributed by atoms with Crippen molar-refractivity contribution >= 4 is 125 Å². The van der Waals surface area contributed by atoms with Gasteiger partial charge in [0.05, 0.1) is 31.0 Å². The molecule has 0 aliphatic heterocycles. The number of hydrogen-bond acceptors (Lipinski definition) is 14. The number of azo groups is 2. The molecule has 0 saturated heterocycles. The maximum atomic E-state index is 11.5. The van der Waals surface area contributed by atoms with Gasteiger partial charge in [-0.3, -0.25) is 0 Å². The van der Waals surface area contributed by atoms with Crippen LogP contribution in [0.1, 0.15) is 25.0 Å². The molecular formula is C36H30BaN6O12S2+2. The first kappa shape index (κ1) is 44.5. The minimum Gasteiger partial charge on any atom is -0.744 e. The molecule has 0 radical (unpaired) electrons. The topological polar surface area (TPSA) is 285 Å². The van der Waals surface area contributed by atoms with Crippen LogP contribution < -0.4 is 0 Å². The predicted octanol–water partition coefficient (Wildman–Crippen LogP) is 8.07. The summed E-state index contributed by atoms with van der Waals surface area (Å²) in [6.45, 7) is 3.65. The monoisotopic (exact) mass is 940 g/mol. The van der Waals surface area contributed by atoms with Crippen LogP contribution in [-0.2, 0) is 33.1 Å². The Balaban J connectivity index is 0.000000248. The molecule has 0 bridgehead atoms. The van der Waals surface area contributed by atoms with Crippen LogP contribution in [0.25, 0.3) is 21.5 Å². The minimum absolute atomic E-state index is 0. The summed E-state index contributed by atoms with van der Waals surface area (Å²) in [4.78, 5) is 20.4. The molecule has 0 heterocycles. The number of phenols is 2. The molecular weight excluding hydrogens is 910 g/mol. The molecule has 6 rings (SSSR count). The van der Waals surface area contributed by atoms with E-state index in [0.717, 1.165) is 12.1 Å². The van der Waals surface area contributed by atoms with Crippen LogP contribution >= 0.6 is 0 Å². The van der Waals surface area contributed by atoms with Crippen molar-refractivity contribution in [2.45, 2.75) is 36.5 Å². The third kappa shape index (κ3) is 10.2. The number of rotatable bonds is 10. The number of fused-ring (bicyclic) bond motifs is 2. The Morgan fingerprint density at radius 3 is 1.18 bits per heavy atom. The first-order valence-corrected chi connectivity index (χ1v) is 19.1. The van der Waals surface area contributed by atoms with Crippen molar-refractivity contribution in [2.24, 2.45) is 20.5 Å². The van der Waals surface area contributed by atoms with Crippen molar-refractivity contribution in [1.82, 2.24) is 0 Å². The van der Waals surface area contributed by atoms with Gasteiger partial charge in [0.2, 0.25) is 0 Å². The van der Waals surface area contributed by atoms with E-state index < -0.39 is 41.5 Å². The molecule has 6 aromatic rings. The molecule has 6 aromatic carbocycles. The zero-order chi connectivity index (χ0) is 40.9. The first-order chi connectivity index (χ1) is 26.4. The molecule has 18 nitrogen and oxygen atoms in total. The van der Waals surface area contributed by atoms with Crippen molar-refractivity contribution in [3.8, 4) is 11.5 Å². The van der Waals surface area contributed by atoms with Gasteiger partial charge in [0.25, 0.3) is 9.85 Å². The van der Waals surface area contributed by atoms with Crippen LogP contribution in [0.3, 0.4) is 0 Å². The quantitative estimate of drug-likeness (QED) is 0.0439. The Kier molecular flexibility index (Phi) is 14.4. The molecule has 21 heteroatoms. The van der Waals surface area contributed by atoms with Crippen LogP contribution in [0.5, 0.6) is 11.5 Å². The first-order valence-electron chi connectivity index (χ1n) is 16.3. The van der Waals surface area contributed by atoms with E-state index in [-0.39, 0.29) is 103 Å². The average Bonchev–Trinajstić information content (AvgIpc) is 3.16. The maximum absolute atomic E-state index is 11.5. The van der Waals surface area contributed by atoms with Gasteiger partial charge in [-0.15, -0.1) is 10.2 Å². The molecule has 0 atom stereocenters. The molecule has 0 spiro atoms. The number of hydrogen-bond donors (Lipinski definition) is 4. The molecule has 0 amide bonds. The van der Waals surface area contributed by atoms with E-state index in [9.17, 15) is 46.0 Å². The van der Waals surface area contributed by atoms with E-state index in [4.69, 9.17) is 10.4 Å². The summed E-state index contributed by atoms with van der Waals surface area (Å²) in [5.74, 6) is -1.01. The van der Waals surface area contributed by atoms with Crippen LogP contribution in [0.2, 0.25) is 0 Å². The summed E-state index contributed by atoms with van der Waals surface area (Å²) >= 11 is 0. The molecule has 0 aliphatic carbocycles. The fourth-order valence-electron chi connectivity index (χ4n) is 5.60. The van der Waals surface area contributed by atoms with Gasteiger partial charge in [-0.1, -0.05) is 62.4 Å². The normalized spacial score (nSPS) is 11.7. The second-order valence-corrected chi connectivity index (χ2v) is 14.5. The molecule has 0 saturated carbocycles. The summed E-state index contributed by atoms with van der Waals surface area (Å²) in [7, 11) is -9.60. The number of aromatic hydroxyl groups is 2. The van der Waals surface area contributed by atoms with E-state index in [1.807, 2.05) is 13.8 Å². The van der Waals surface area contributed by atoms with Crippen molar-refractivity contribution in [3.05, 3.63) is 118 Å². The average molecular weight is 940 g/mol. The predicted molar refractivity (Wildman–Crippen MR) is 203 cm³/mol. The summed E-state index contributed by atoms with van der Waals surface area (Å²) in [5.41, 5.74) is 2.12. The van der Waals surface area contributed by atoms with Gasteiger partial charge >= 0.3 is 60.3 Å². The summed E-state index contributed by atoms with van der Waals surface area (Å²) in [5, 5.41) is 55.5. The minimum atomic E-state index is -4.80. The fourth-order valence-corrected chi connectivity index (χ4v) is 7.01. The van der Waals surface area contributed by atoms with Gasteiger partial charge in [-0.2, -0.15) is 10.2 Å². The van der Waals surface area contributed by atoms with Crippen molar-refractivity contribution < 1.29 is 56.4 Å². The SMILES string of the molecule is CCc1cc([N+](=O)O)ccc1N=Nc1c(O)cc(S(=O)(=O)[O-])c2ccccc12.CCc1cc([N+](=O)O)ccc1N=Nc1c(O)cc(S(=O)(=O)[O-])c2ccccc12.[Ba+2]. The number of aryl methyl sites for hydroxylation is 2. The van der Waals surface area contributed by atoms with Crippen LogP contribution in [0, 0.1) is 9.81 Å². The Morgan fingerprint density at radius 1 is 0.544 bits per heavy atom. The summed E-state index contributed by atoms with van der Waals surface area (Å²) in [6.07, 6.45) is 0.992. The smallest absolute Gasteiger partial charge is 0.744 e. The van der Waals surface area contributed by atoms with Gasteiger partial charge in [0.15, 0.2) is 0 Å². The van der Waals surface area contributed by atoms with Gasteiger partial charge in [0.1, 0.15) is 43.1 Å². The van der Waals surface area contributed by atoms with E-state index in [1.54, 1.807) is 24.3 Å².